The van der Waals surface area contributed by atoms with Crippen molar-refractivity contribution in [2.24, 2.45) is 11.8 Å². The van der Waals surface area contributed by atoms with E-state index >= 15 is 0 Å². The molecule has 2 rings (SSSR count). The lowest BCUT2D eigenvalue weighted by atomic mass is 9.93. The standard InChI is InChI=1S/C13H22O4/c1-2-3-4-5-16-11-7-12-9(10(11)8-14)6-13(15)17-12/h9-12,14H,2-8H2,1H3/t9?,10-,11-,12?/m0/s1. The van der Waals surface area contributed by atoms with Crippen LogP contribution in [-0.2, 0) is 14.3 Å². The Morgan fingerprint density at radius 1 is 1.47 bits per heavy atom. The van der Waals surface area contributed by atoms with Gasteiger partial charge in [-0.2, -0.15) is 0 Å². The molecular weight excluding hydrogens is 220 g/mol. The van der Waals surface area contributed by atoms with Gasteiger partial charge in [0.1, 0.15) is 6.10 Å². The number of carbonyl (C=O) groups is 1. The first-order valence-corrected chi connectivity index (χ1v) is 6.68. The summed E-state index contributed by atoms with van der Waals surface area (Å²) in [5.41, 5.74) is 0. The molecule has 1 aliphatic carbocycles. The molecule has 0 radical (unpaired) electrons. The van der Waals surface area contributed by atoms with Gasteiger partial charge in [0.05, 0.1) is 12.5 Å². The van der Waals surface area contributed by atoms with E-state index in [0.29, 0.717) is 6.42 Å². The van der Waals surface area contributed by atoms with Crippen LogP contribution in [0.2, 0.25) is 0 Å². The molecule has 2 aliphatic rings. The number of ether oxygens (including phenoxy) is 2. The highest BCUT2D eigenvalue weighted by Gasteiger charge is 2.50. The molecular formula is C13H22O4. The number of unbranched alkanes of at least 4 members (excludes halogenated alkanes) is 2. The Morgan fingerprint density at radius 3 is 3.00 bits per heavy atom. The van der Waals surface area contributed by atoms with E-state index in [1.165, 1.54) is 12.8 Å². The Hall–Kier alpha value is -0.610. The summed E-state index contributed by atoms with van der Waals surface area (Å²) in [6, 6.07) is 0. The lowest BCUT2D eigenvalue weighted by Gasteiger charge is -2.20. The van der Waals surface area contributed by atoms with E-state index in [2.05, 4.69) is 6.92 Å². The van der Waals surface area contributed by atoms with Gasteiger partial charge in [0.15, 0.2) is 0 Å². The quantitative estimate of drug-likeness (QED) is 0.566. The molecule has 4 atom stereocenters. The predicted molar refractivity (Wildman–Crippen MR) is 62.4 cm³/mol. The molecule has 4 nitrogen and oxygen atoms in total. The summed E-state index contributed by atoms with van der Waals surface area (Å²) in [4.78, 5) is 11.2. The van der Waals surface area contributed by atoms with Gasteiger partial charge in [-0.3, -0.25) is 4.79 Å². The van der Waals surface area contributed by atoms with Crippen molar-refractivity contribution < 1.29 is 19.4 Å². The smallest absolute Gasteiger partial charge is 0.306 e. The summed E-state index contributed by atoms with van der Waals surface area (Å²) in [6.07, 6.45) is 4.69. The molecule has 4 heteroatoms. The normalized spacial score (nSPS) is 36.0. The summed E-state index contributed by atoms with van der Waals surface area (Å²) in [5.74, 6) is 0.125. The number of hydrogen-bond acceptors (Lipinski definition) is 4. The van der Waals surface area contributed by atoms with Crippen LogP contribution in [0.5, 0.6) is 0 Å². The molecule has 0 amide bonds. The van der Waals surface area contributed by atoms with Crippen molar-refractivity contribution in [2.45, 2.75) is 51.2 Å². The molecule has 1 N–H and O–H groups in total. The van der Waals surface area contributed by atoms with E-state index in [1.807, 2.05) is 0 Å². The van der Waals surface area contributed by atoms with E-state index in [4.69, 9.17) is 9.47 Å². The molecule has 2 unspecified atom stereocenters. The van der Waals surface area contributed by atoms with Crippen LogP contribution in [0.1, 0.15) is 39.0 Å². The van der Waals surface area contributed by atoms with Gasteiger partial charge in [0, 0.05) is 31.5 Å². The largest absolute Gasteiger partial charge is 0.462 e. The maximum Gasteiger partial charge on any atom is 0.306 e. The number of aliphatic hydroxyl groups is 1. The minimum Gasteiger partial charge on any atom is -0.462 e. The van der Waals surface area contributed by atoms with E-state index in [-0.39, 0.29) is 36.6 Å². The molecule has 2 fully saturated rings. The minimum atomic E-state index is -0.122. The fourth-order valence-corrected chi connectivity index (χ4v) is 2.99. The number of aliphatic hydroxyl groups excluding tert-OH is 1. The summed E-state index contributed by atoms with van der Waals surface area (Å²) >= 11 is 0. The molecule has 1 saturated carbocycles. The van der Waals surface area contributed by atoms with Crippen LogP contribution < -0.4 is 0 Å². The molecule has 1 aliphatic heterocycles. The zero-order chi connectivity index (χ0) is 12.3. The Morgan fingerprint density at radius 2 is 2.29 bits per heavy atom. The Kier molecular flexibility index (Phi) is 4.40. The van der Waals surface area contributed by atoms with Crippen LogP contribution in [-0.4, -0.2) is 36.5 Å². The molecule has 1 heterocycles. The summed E-state index contributed by atoms with van der Waals surface area (Å²) < 4.78 is 11.1. The lowest BCUT2D eigenvalue weighted by molar-refractivity contribution is -0.142. The molecule has 1 saturated heterocycles. The van der Waals surface area contributed by atoms with Crippen molar-refractivity contribution in [1.29, 1.82) is 0 Å². The van der Waals surface area contributed by atoms with Gasteiger partial charge in [-0.25, -0.2) is 0 Å². The van der Waals surface area contributed by atoms with E-state index in [1.54, 1.807) is 0 Å². The Labute approximate surface area is 102 Å². The average Bonchev–Trinajstić information content (AvgIpc) is 2.79. The predicted octanol–water partition coefficient (Wildman–Crippen LogP) is 1.51. The molecule has 0 bridgehead atoms. The lowest BCUT2D eigenvalue weighted by Crippen LogP contribution is -2.26. The van der Waals surface area contributed by atoms with Crippen LogP contribution in [0.25, 0.3) is 0 Å². The number of hydrogen-bond donors (Lipinski definition) is 1. The highest BCUT2D eigenvalue weighted by atomic mass is 16.6. The summed E-state index contributed by atoms with van der Waals surface area (Å²) in [5, 5.41) is 9.43. The topological polar surface area (TPSA) is 55.8 Å². The molecule has 0 aromatic rings. The number of carbonyl (C=O) groups excluding carboxylic acids is 1. The number of rotatable bonds is 6. The van der Waals surface area contributed by atoms with Crippen molar-refractivity contribution in [2.75, 3.05) is 13.2 Å². The van der Waals surface area contributed by atoms with Gasteiger partial charge in [-0.1, -0.05) is 19.8 Å². The second kappa shape index (κ2) is 5.83. The molecule has 17 heavy (non-hydrogen) atoms. The van der Waals surface area contributed by atoms with Crippen molar-refractivity contribution >= 4 is 5.97 Å². The van der Waals surface area contributed by atoms with Gasteiger partial charge in [0.25, 0.3) is 0 Å². The van der Waals surface area contributed by atoms with Crippen LogP contribution in [0.4, 0.5) is 0 Å². The second-order valence-electron chi connectivity index (χ2n) is 5.09. The van der Waals surface area contributed by atoms with Gasteiger partial charge >= 0.3 is 5.97 Å². The maximum atomic E-state index is 11.2. The van der Waals surface area contributed by atoms with E-state index in [0.717, 1.165) is 19.4 Å². The van der Waals surface area contributed by atoms with Crippen LogP contribution >= 0.6 is 0 Å². The SMILES string of the molecule is CCCCCO[C@H]1CC2OC(=O)CC2[C@@H]1CO. The Balaban J connectivity index is 1.81. The van der Waals surface area contributed by atoms with Crippen molar-refractivity contribution in [3.63, 3.8) is 0 Å². The fourth-order valence-electron chi connectivity index (χ4n) is 2.99. The second-order valence-corrected chi connectivity index (χ2v) is 5.09. The zero-order valence-electron chi connectivity index (χ0n) is 10.4. The third-order valence-corrected chi connectivity index (χ3v) is 3.95. The molecule has 0 aromatic carbocycles. The molecule has 0 aromatic heterocycles. The van der Waals surface area contributed by atoms with Gasteiger partial charge in [-0.05, 0) is 6.42 Å². The van der Waals surface area contributed by atoms with Crippen LogP contribution in [0.15, 0.2) is 0 Å². The fraction of sp³-hybridized carbons (Fsp3) is 0.923. The highest BCUT2D eigenvalue weighted by molar-refractivity contribution is 5.72. The third kappa shape index (κ3) is 2.80. The van der Waals surface area contributed by atoms with Crippen LogP contribution in [0, 0.1) is 11.8 Å². The maximum absolute atomic E-state index is 11.2. The zero-order valence-corrected chi connectivity index (χ0v) is 10.4. The first kappa shape index (κ1) is 12.8. The summed E-state index contributed by atoms with van der Waals surface area (Å²) in [7, 11) is 0. The number of esters is 1. The molecule has 0 spiro atoms. The first-order chi connectivity index (χ1) is 8.26. The summed E-state index contributed by atoms with van der Waals surface area (Å²) in [6.45, 7) is 3.01. The third-order valence-electron chi connectivity index (χ3n) is 3.95. The van der Waals surface area contributed by atoms with Gasteiger partial charge < -0.3 is 14.6 Å². The van der Waals surface area contributed by atoms with Crippen LogP contribution in [0.3, 0.4) is 0 Å². The molecule has 98 valence electrons. The van der Waals surface area contributed by atoms with E-state index in [9.17, 15) is 9.90 Å². The monoisotopic (exact) mass is 242 g/mol. The van der Waals surface area contributed by atoms with Crippen molar-refractivity contribution in [3.05, 3.63) is 0 Å². The van der Waals surface area contributed by atoms with E-state index < -0.39 is 0 Å². The van der Waals surface area contributed by atoms with Gasteiger partial charge in [-0.15, -0.1) is 0 Å². The van der Waals surface area contributed by atoms with Gasteiger partial charge in [0.2, 0.25) is 0 Å². The minimum absolute atomic E-state index is 0.0178. The van der Waals surface area contributed by atoms with Crippen molar-refractivity contribution in [1.82, 2.24) is 0 Å². The first-order valence-electron chi connectivity index (χ1n) is 6.68. The Bertz CT molecular complexity index is 266. The van der Waals surface area contributed by atoms with Crippen molar-refractivity contribution in [3.8, 4) is 0 Å². The number of fused-ring (bicyclic) bond motifs is 1. The highest BCUT2D eigenvalue weighted by Crippen LogP contribution is 2.42. The average molecular weight is 242 g/mol.